The molecule has 0 aliphatic carbocycles. The van der Waals surface area contributed by atoms with E-state index in [1.807, 2.05) is 0 Å². The first kappa shape index (κ1) is 9.59. The predicted octanol–water partition coefficient (Wildman–Crippen LogP) is -0.642. The summed E-state index contributed by atoms with van der Waals surface area (Å²) in [5, 5.41) is 2.49. The van der Waals surface area contributed by atoms with Gasteiger partial charge in [0.1, 0.15) is 0 Å². The molecule has 0 aromatic carbocycles. The van der Waals surface area contributed by atoms with Crippen molar-refractivity contribution in [1.82, 2.24) is 10.2 Å². The Kier molecular flexibility index (Phi) is 3.32. The van der Waals surface area contributed by atoms with Crippen molar-refractivity contribution in [2.45, 2.75) is 13.3 Å². The molecule has 13 heavy (non-hydrogen) atoms. The molecule has 1 aliphatic rings. The molecule has 0 atom stereocenters. The lowest BCUT2D eigenvalue weighted by Crippen LogP contribution is -2.51. The van der Waals surface area contributed by atoms with Crippen LogP contribution in [0.2, 0.25) is 0 Å². The van der Waals surface area contributed by atoms with Gasteiger partial charge in [-0.15, -0.1) is 11.8 Å². The maximum absolute atomic E-state index is 11.2. The molecule has 0 spiro atoms. The summed E-state index contributed by atoms with van der Waals surface area (Å²) in [7, 11) is 0. The van der Waals surface area contributed by atoms with Gasteiger partial charge in [-0.05, 0) is 6.92 Å². The van der Waals surface area contributed by atoms with Crippen molar-refractivity contribution in [3.63, 3.8) is 0 Å². The van der Waals surface area contributed by atoms with E-state index in [1.165, 1.54) is 4.90 Å². The van der Waals surface area contributed by atoms with E-state index in [1.54, 1.807) is 6.92 Å². The zero-order valence-electron chi connectivity index (χ0n) is 7.59. The minimum absolute atomic E-state index is 0.0301. The number of hydrogen-bond donors (Lipinski definition) is 1. The Bertz CT molecular complexity index is 275. The number of rotatable bonds is 2. The molecule has 0 aromatic rings. The van der Waals surface area contributed by atoms with Gasteiger partial charge in [-0.3, -0.25) is 9.59 Å². The Balaban J connectivity index is 2.40. The van der Waals surface area contributed by atoms with Gasteiger partial charge in [-0.2, -0.15) is 0 Å². The van der Waals surface area contributed by atoms with Gasteiger partial charge in [0.2, 0.25) is 11.8 Å². The number of piperazine rings is 1. The van der Waals surface area contributed by atoms with Crippen molar-refractivity contribution in [1.29, 1.82) is 0 Å². The molecule has 1 aliphatic heterocycles. The lowest BCUT2D eigenvalue weighted by atomic mass is 10.3. The van der Waals surface area contributed by atoms with E-state index in [4.69, 9.17) is 0 Å². The van der Waals surface area contributed by atoms with Crippen molar-refractivity contribution < 1.29 is 9.59 Å². The summed E-state index contributed by atoms with van der Waals surface area (Å²) in [5.74, 6) is 5.48. The van der Waals surface area contributed by atoms with Crippen molar-refractivity contribution in [3.05, 3.63) is 0 Å². The van der Waals surface area contributed by atoms with E-state index in [-0.39, 0.29) is 24.9 Å². The van der Waals surface area contributed by atoms with E-state index in [0.29, 0.717) is 13.0 Å². The minimum Gasteiger partial charge on any atom is -0.345 e. The quantitative estimate of drug-likeness (QED) is 0.574. The van der Waals surface area contributed by atoms with Crippen LogP contribution in [0.1, 0.15) is 13.3 Å². The van der Waals surface area contributed by atoms with Gasteiger partial charge in [-0.25, -0.2) is 0 Å². The molecule has 4 nitrogen and oxygen atoms in total. The van der Waals surface area contributed by atoms with Crippen LogP contribution in [0.15, 0.2) is 0 Å². The van der Waals surface area contributed by atoms with Gasteiger partial charge in [0.15, 0.2) is 0 Å². The monoisotopic (exact) mass is 180 g/mol. The van der Waals surface area contributed by atoms with Crippen LogP contribution in [-0.2, 0) is 9.59 Å². The van der Waals surface area contributed by atoms with Gasteiger partial charge in [0.05, 0.1) is 13.1 Å². The number of hydrogen-bond acceptors (Lipinski definition) is 2. The molecule has 4 heteroatoms. The van der Waals surface area contributed by atoms with E-state index >= 15 is 0 Å². The molecule has 0 radical (unpaired) electrons. The largest absolute Gasteiger partial charge is 0.345 e. The molecule has 0 aromatic heterocycles. The first-order valence-corrected chi connectivity index (χ1v) is 4.18. The number of nitrogens with zero attached hydrogens (tertiary/aromatic N) is 1. The zero-order valence-corrected chi connectivity index (χ0v) is 7.59. The first-order valence-electron chi connectivity index (χ1n) is 4.18. The van der Waals surface area contributed by atoms with E-state index in [9.17, 15) is 9.59 Å². The fourth-order valence-corrected chi connectivity index (χ4v) is 1.12. The Morgan fingerprint density at radius 1 is 1.54 bits per heavy atom. The smallest absolute Gasteiger partial charge is 0.242 e. The second-order valence-electron chi connectivity index (χ2n) is 2.77. The average Bonchev–Trinajstić information content (AvgIpc) is 2.11. The molecule has 0 unspecified atom stereocenters. The maximum Gasteiger partial charge on any atom is 0.242 e. The van der Waals surface area contributed by atoms with Crippen LogP contribution in [0.4, 0.5) is 0 Å². The molecule has 1 heterocycles. The van der Waals surface area contributed by atoms with Crippen LogP contribution in [0.25, 0.3) is 0 Å². The first-order chi connectivity index (χ1) is 6.24. The Labute approximate surface area is 77.3 Å². The Hall–Kier alpha value is -1.50. The van der Waals surface area contributed by atoms with Gasteiger partial charge < -0.3 is 10.2 Å². The fraction of sp³-hybridized carbons (Fsp3) is 0.556. The van der Waals surface area contributed by atoms with Gasteiger partial charge in [-0.1, -0.05) is 0 Å². The lowest BCUT2D eigenvalue weighted by molar-refractivity contribution is -0.140. The van der Waals surface area contributed by atoms with E-state index in [0.717, 1.165) is 0 Å². The summed E-state index contributed by atoms with van der Waals surface area (Å²) in [6, 6.07) is 0. The summed E-state index contributed by atoms with van der Waals surface area (Å²) in [4.78, 5) is 23.6. The van der Waals surface area contributed by atoms with Crippen LogP contribution in [-0.4, -0.2) is 36.3 Å². The highest BCUT2D eigenvalue weighted by Crippen LogP contribution is 1.96. The molecule has 1 N–H and O–H groups in total. The molecule has 2 amide bonds. The highest BCUT2D eigenvalue weighted by Gasteiger charge is 2.21. The summed E-state index contributed by atoms with van der Waals surface area (Å²) in [6.45, 7) is 2.60. The fourth-order valence-electron chi connectivity index (χ4n) is 1.12. The Morgan fingerprint density at radius 3 is 3.00 bits per heavy atom. The number of amides is 2. The molecule has 1 fully saturated rings. The molecule has 0 saturated carbocycles. The zero-order chi connectivity index (χ0) is 9.68. The number of nitrogens with one attached hydrogen (secondary N) is 1. The Morgan fingerprint density at radius 2 is 2.31 bits per heavy atom. The molecule has 0 bridgehead atoms. The molecule has 1 rings (SSSR count). The van der Waals surface area contributed by atoms with Gasteiger partial charge in [0, 0.05) is 13.0 Å². The van der Waals surface area contributed by atoms with Crippen LogP contribution in [0.3, 0.4) is 0 Å². The van der Waals surface area contributed by atoms with Crippen LogP contribution in [0, 0.1) is 11.8 Å². The third-order valence-corrected chi connectivity index (χ3v) is 1.81. The van der Waals surface area contributed by atoms with Crippen LogP contribution >= 0.6 is 0 Å². The minimum atomic E-state index is -0.0935. The second kappa shape index (κ2) is 4.51. The summed E-state index contributed by atoms with van der Waals surface area (Å²) >= 11 is 0. The molecule has 1 saturated heterocycles. The molecule has 70 valence electrons. The highest BCUT2D eigenvalue weighted by atomic mass is 16.2. The standard InChI is InChI=1S/C9H12N2O2/c1-2-3-4-5-11-7-8(12)10-6-9(11)13/h4-7H2,1H3,(H,10,12). The highest BCUT2D eigenvalue weighted by molar-refractivity contribution is 5.92. The molecular weight excluding hydrogens is 168 g/mol. The van der Waals surface area contributed by atoms with E-state index in [2.05, 4.69) is 17.2 Å². The second-order valence-corrected chi connectivity index (χ2v) is 2.77. The third-order valence-electron chi connectivity index (χ3n) is 1.81. The lowest BCUT2D eigenvalue weighted by Gasteiger charge is -2.25. The molecular formula is C9H12N2O2. The maximum atomic E-state index is 11.2. The summed E-state index contributed by atoms with van der Waals surface area (Å²) < 4.78 is 0. The van der Waals surface area contributed by atoms with Crippen molar-refractivity contribution in [2.24, 2.45) is 0 Å². The average molecular weight is 180 g/mol. The normalized spacial score (nSPS) is 16.2. The van der Waals surface area contributed by atoms with Crippen LogP contribution in [0.5, 0.6) is 0 Å². The van der Waals surface area contributed by atoms with Crippen LogP contribution < -0.4 is 5.32 Å². The van der Waals surface area contributed by atoms with Crippen molar-refractivity contribution in [3.8, 4) is 11.8 Å². The SMILES string of the molecule is CC#CCCN1CC(=O)NCC1=O. The number of carbonyl (C=O) groups is 2. The summed E-state index contributed by atoms with van der Waals surface area (Å²) in [5.41, 5.74) is 0. The van der Waals surface area contributed by atoms with Crippen molar-refractivity contribution >= 4 is 11.8 Å². The van der Waals surface area contributed by atoms with Gasteiger partial charge in [0.25, 0.3) is 0 Å². The third kappa shape index (κ3) is 2.79. The summed E-state index contributed by atoms with van der Waals surface area (Å²) in [6.07, 6.45) is 0.634. The predicted molar refractivity (Wildman–Crippen MR) is 47.7 cm³/mol. The van der Waals surface area contributed by atoms with Gasteiger partial charge >= 0.3 is 0 Å². The topological polar surface area (TPSA) is 49.4 Å². The van der Waals surface area contributed by atoms with E-state index < -0.39 is 0 Å². The van der Waals surface area contributed by atoms with Crippen molar-refractivity contribution in [2.75, 3.05) is 19.6 Å². The number of carbonyl (C=O) groups excluding carboxylic acids is 2.